The van der Waals surface area contributed by atoms with Crippen molar-refractivity contribution in [2.45, 2.75) is 43.7 Å². The van der Waals surface area contributed by atoms with E-state index in [9.17, 15) is 0 Å². The molecule has 2 aliphatic heterocycles. The van der Waals surface area contributed by atoms with Crippen LogP contribution < -0.4 is 0 Å². The van der Waals surface area contributed by atoms with Gasteiger partial charge in [0.25, 0.3) is 0 Å². The molecule has 0 radical (unpaired) electrons. The van der Waals surface area contributed by atoms with E-state index in [2.05, 4.69) is 43.3 Å². The molecule has 1 fully saturated rings. The number of hydrogen-bond donors (Lipinski definition) is 0. The normalized spacial score (nSPS) is 29.7. The SMILES string of the molecule is COC[C@H]1O[C@]2(OCc3c(/C=C/c4ccccc4)ccc(C)c32)[C@H](OC)[C@@H](OC)[C@@H]1OC. The molecule has 1 spiro atoms. The molecular formula is C26H32O6. The van der Waals surface area contributed by atoms with E-state index >= 15 is 0 Å². The van der Waals surface area contributed by atoms with Crippen molar-refractivity contribution in [3.8, 4) is 0 Å². The second-order valence-electron chi connectivity index (χ2n) is 8.19. The summed E-state index contributed by atoms with van der Waals surface area (Å²) in [4.78, 5) is 0. The van der Waals surface area contributed by atoms with Crippen LogP contribution in [0.3, 0.4) is 0 Å². The van der Waals surface area contributed by atoms with Crippen LogP contribution in [0.15, 0.2) is 42.5 Å². The van der Waals surface area contributed by atoms with Gasteiger partial charge in [-0.25, -0.2) is 0 Å². The van der Waals surface area contributed by atoms with Crippen molar-refractivity contribution in [1.82, 2.24) is 0 Å². The average molecular weight is 441 g/mol. The zero-order chi connectivity index (χ0) is 22.7. The Morgan fingerprint density at radius 2 is 1.69 bits per heavy atom. The van der Waals surface area contributed by atoms with Crippen molar-refractivity contribution in [2.24, 2.45) is 0 Å². The average Bonchev–Trinajstić information content (AvgIpc) is 3.19. The van der Waals surface area contributed by atoms with Gasteiger partial charge in [-0.1, -0.05) is 54.6 Å². The molecule has 1 saturated heterocycles. The first-order chi connectivity index (χ1) is 15.6. The molecule has 0 aliphatic carbocycles. The summed E-state index contributed by atoms with van der Waals surface area (Å²) in [6, 6.07) is 14.5. The molecule has 0 bridgehead atoms. The van der Waals surface area contributed by atoms with E-state index in [0.717, 1.165) is 27.8 Å². The summed E-state index contributed by atoms with van der Waals surface area (Å²) in [7, 11) is 6.61. The van der Waals surface area contributed by atoms with Crippen LogP contribution in [0.5, 0.6) is 0 Å². The summed E-state index contributed by atoms with van der Waals surface area (Å²) in [6.45, 7) is 2.84. The molecule has 2 aliphatic rings. The molecule has 0 unspecified atom stereocenters. The molecule has 172 valence electrons. The summed E-state index contributed by atoms with van der Waals surface area (Å²) in [5.74, 6) is -1.11. The van der Waals surface area contributed by atoms with E-state index < -0.39 is 18.0 Å². The number of ether oxygens (including phenoxy) is 6. The Labute approximate surface area is 190 Å². The highest BCUT2D eigenvalue weighted by Crippen LogP contribution is 2.50. The van der Waals surface area contributed by atoms with Gasteiger partial charge in [-0.15, -0.1) is 0 Å². The van der Waals surface area contributed by atoms with Gasteiger partial charge >= 0.3 is 0 Å². The Bertz CT molecular complexity index is 943. The van der Waals surface area contributed by atoms with Crippen molar-refractivity contribution in [3.05, 3.63) is 70.3 Å². The van der Waals surface area contributed by atoms with Crippen molar-refractivity contribution < 1.29 is 28.4 Å². The number of rotatable bonds is 7. The minimum absolute atomic E-state index is 0.349. The molecule has 0 N–H and O–H groups in total. The predicted molar refractivity (Wildman–Crippen MR) is 122 cm³/mol. The van der Waals surface area contributed by atoms with E-state index in [0.29, 0.717) is 13.2 Å². The first-order valence-corrected chi connectivity index (χ1v) is 10.8. The lowest BCUT2D eigenvalue weighted by Crippen LogP contribution is -2.65. The second kappa shape index (κ2) is 9.83. The highest BCUT2D eigenvalue weighted by Gasteiger charge is 2.61. The van der Waals surface area contributed by atoms with Crippen molar-refractivity contribution in [3.63, 3.8) is 0 Å². The molecule has 6 heteroatoms. The Hall–Kier alpha value is -2.06. The first kappa shape index (κ1) is 23.1. The molecule has 2 heterocycles. The van der Waals surface area contributed by atoms with Gasteiger partial charge in [0.2, 0.25) is 5.79 Å². The predicted octanol–water partition coefficient (Wildman–Crippen LogP) is 3.94. The van der Waals surface area contributed by atoms with E-state index in [1.54, 1.807) is 28.4 Å². The van der Waals surface area contributed by atoms with E-state index in [1.165, 1.54) is 0 Å². The molecule has 0 amide bonds. The Balaban J connectivity index is 1.79. The maximum absolute atomic E-state index is 6.64. The molecule has 5 atom stereocenters. The van der Waals surface area contributed by atoms with Gasteiger partial charge in [-0.05, 0) is 29.2 Å². The molecule has 32 heavy (non-hydrogen) atoms. The molecule has 2 aromatic carbocycles. The third kappa shape index (κ3) is 3.92. The summed E-state index contributed by atoms with van der Waals surface area (Å²) in [5, 5.41) is 0. The van der Waals surface area contributed by atoms with Crippen molar-refractivity contribution in [1.29, 1.82) is 0 Å². The Kier molecular flexibility index (Phi) is 7.10. The fourth-order valence-electron chi connectivity index (χ4n) is 4.98. The van der Waals surface area contributed by atoms with Crippen LogP contribution >= 0.6 is 0 Å². The van der Waals surface area contributed by atoms with Crippen LogP contribution in [-0.4, -0.2) is 59.5 Å². The topological polar surface area (TPSA) is 55.4 Å². The minimum Gasteiger partial charge on any atom is -0.382 e. The van der Waals surface area contributed by atoms with Gasteiger partial charge in [-0.2, -0.15) is 0 Å². The fourth-order valence-corrected chi connectivity index (χ4v) is 4.98. The smallest absolute Gasteiger partial charge is 0.226 e. The maximum Gasteiger partial charge on any atom is 0.226 e. The van der Waals surface area contributed by atoms with Gasteiger partial charge in [0.1, 0.15) is 24.4 Å². The number of aryl methyl sites for hydroxylation is 1. The summed E-state index contributed by atoms with van der Waals surface area (Å²) in [5.41, 5.74) is 5.41. The zero-order valence-electron chi connectivity index (χ0n) is 19.4. The zero-order valence-corrected chi connectivity index (χ0v) is 19.4. The molecule has 0 aromatic heterocycles. The van der Waals surface area contributed by atoms with Gasteiger partial charge < -0.3 is 28.4 Å². The molecule has 2 aromatic rings. The van der Waals surface area contributed by atoms with E-state index in [-0.39, 0.29) is 12.2 Å². The van der Waals surface area contributed by atoms with Crippen molar-refractivity contribution in [2.75, 3.05) is 35.0 Å². The number of hydrogen-bond acceptors (Lipinski definition) is 6. The highest BCUT2D eigenvalue weighted by molar-refractivity contribution is 5.72. The lowest BCUT2D eigenvalue weighted by atomic mass is 9.84. The number of benzene rings is 2. The summed E-state index contributed by atoms with van der Waals surface area (Å²) < 4.78 is 36.1. The van der Waals surface area contributed by atoms with Crippen LogP contribution in [0, 0.1) is 6.92 Å². The third-order valence-corrected chi connectivity index (χ3v) is 6.41. The quantitative estimate of drug-likeness (QED) is 0.608. The molecule has 0 saturated carbocycles. The minimum atomic E-state index is -1.11. The van der Waals surface area contributed by atoms with Gasteiger partial charge in [0, 0.05) is 34.0 Å². The van der Waals surface area contributed by atoms with E-state index in [4.69, 9.17) is 28.4 Å². The Morgan fingerprint density at radius 3 is 2.34 bits per heavy atom. The number of fused-ring (bicyclic) bond motifs is 2. The standard InChI is InChI=1S/C26H32O6/c1-17-11-13-19(14-12-18-9-7-6-8-10-18)20-15-31-26(22(17)20)25(30-5)24(29-4)23(28-3)21(32-26)16-27-2/h6-14,21,23-25H,15-16H2,1-5H3/b14-12+/t21-,23-,24+,25-,26+/m1/s1. The lowest BCUT2D eigenvalue weighted by Gasteiger charge is -2.50. The molecule has 4 rings (SSSR count). The van der Waals surface area contributed by atoms with Gasteiger partial charge in [0.15, 0.2) is 0 Å². The van der Waals surface area contributed by atoms with Crippen LogP contribution in [-0.2, 0) is 40.8 Å². The van der Waals surface area contributed by atoms with Crippen LogP contribution in [0.2, 0.25) is 0 Å². The van der Waals surface area contributed by atoms with E-state index in [1.807, 2.05) is 18.2 Å². The molecule has 6 nitrogen and oxygen atoms in total. The Morgan fingerprint density at radius 1 is 0.938 bits per heavy atom. The van der Waals surface area contributed by atoms with Gasteiger partial charge in [-0.3, -0.25) is 0 Å². The molecular weight excluding hydrogens is 408 g/mol. The third-order valence-electron chi connectivity index (χ3n) is 6.41. The van der Waals surface area contributed by atoms with Gasteiger partial charge in [0.05, 0.1) is 13.2 Å². The summed E-state index contributed by atoms with van der Waals surface area (Å²) >= 11 is 0. The van der Waals surface area contributed by atoms with Crippen LogP contribution in [0.1, 0.15) is 27.8 Å². The number of methoxy groups -OCH3 is 4. The maximum atomic E-state index is 6.64. The van der Waals surface area contributed by atoms with Crippen molar-refractivity contribution >= 4 is 12.2 Å². The highest BCUT2D eigenvalue weighted by atomic mass is 16.7. The van der Waals surface area contributed by atoms with Crippen LogP contribution in [0.25, 0.3) is 12.2 Å². The second-order valence-corrected chi connectivity index (χ2v) is 8.19. The van der Waals surface area contributed by atoms with Crippen LogP contribution in [0.4, 0.5) is 0 Å². The summed E-state index contributed by atoms with van der Waals surface area (Å²) in [6.07, 6.45) is 2.59. The first-order valence-electron chi connectivity index (χ1n) is 10.8. The largest absolute Gasteiger partial charge is 0.382 e. The lowest BCUT2D eigenvalue weighted by molar-refractivity contribution is -0.376. The fraction of sp³-hybridized carbons (Fsp3) is 0.462. The monoisotopic (exact) mass is 440 g/mol.